The van der Waals surface area contributed by atoms with Crippen molar-refractivity contribution in [3.63, 3.8) is 0 Å². The lowest BCUT2D eigenvalue weighted by molar-refractivity contribution is 0.0786. The zero-order valence-electron chi connectivity index (χ0n) is 9.48. The summed E-state index contributed by atoms with van der Waals surface area (Å²) in [6, 6.07) is 0.450. The number of aliphatic hydroxyl groups excluding tert-OH is 1. The molecule has 0 aromatic heterocycles. The number of aliphatic hydroxyl groups is 1. The smallest absolute Gasteiger partial charge is 0.0702 e. The summed E-state index contributed by atoms with van der Waals surface area (Å²) < 4.78 is 5.60. The molecule has 0 amide bonds. The lowest BCUT2D eigenvalue weighted by Crippen LogP contribution is -2.38. The van der Waals surface area contributed by atoms with E-state index in [0.717, 1.165) is 32.7 Å². The fourth-order valence-electron chi connectivity index (χ4n) is 2.52. The Bertz CT molecular complexity index is 195. The van der Waals surface area contributed by atoms with Gasteiger partial charge in [-0.15, -0.1) is 0 Å². The third-order valence-electron chi connectivity index (χ3n) is 3.27. The van der Waals surface area contributed by atoms with Gasteiger partial charge in [0.25, 0.3) is 0 Å². The van der Waals surface area contributed by atoms with Gasteiger partial charge in [-0.05, 0) is 26.3 Å². The van der Waals surface area contributed by atoms with E-state index < -0.39 is 0 Å². The van der Waals surface area contributed by atoms with Crippen LogP contribution < -0.4 is 5.32 Å². The van der Waals surface area contributed by atoms with Crippen molar-refractivity contribution in [2.24, 2.45) is 0 Å². The van der Waals surface area contributed by atoms with Gasteiger partial charge in [0.15, 0.2) is 0 Å². The molecule has 0 spiro atoms. The normalized spacial score (nSPS) is 36.6. The van der Waals surface area contributed by atoms with Crippen LogP contribution in [-0.4, -0.2) is 61.5 Å². The Balaban J connectivity index is 1.65. The summed E-state index contributed by atoms with van der Waals surface area (Å²) in [7, 11) is 2.13. The van der Waals surface area contributed by atoms with E-state index in [4.69, 9.17) is 4.74 Å². The van der Waals surface area contributed by atoms with Gasteiger partial charge < -0.3 is 20.1 Å². The summed E-state index contributed by atoms with van der Waals surface area (Å²) in [4.78, 5) is 2.31. The number of hydrogen-bond acceptors (Lipinski definition) is 4. The van der Waals surface area contributed by atoms with Gasteiger partial charge in [-0.3, -0.25) is 0 Å². The monoisotopic (exact) mass is 214 g/mol. The zero-order valence-corrected chi connectivity index (χ0v) is 9.48. The maximum atomic E-state index is 9.39. The molecule has 2 N–H and O–H groups in total. The number of ether oxygens (including phenoxy) is 1. The first-order chi connectivity index (χ1) is 7.24. The Morgan fingerprint density at radius 3 is 2.93 bits per heavy atom. The topological polar surface area (TPSA) is 44.7 Å². The van der Waals surface area contributed by atoms with Crippen molar-refractivity contribution in [3.8, 4) is 0 Å². The summed E-state index contributed by atoms with van der Waals surface area (Å²) in [5, 5.41) is 12.7. The Labute approximate surface area is 91.6 Å². The molecule has 0 aromatic rings. The fourth-order valence-corrected chi connectivity index (χ4v) is 2.52. The second-order valence-electron chi connectivity index (χ2n) is 4.85. The Morgan fingerprint density at radius 1 is 1.47 bits per heavy atom. The van der Waals surface area contributed by atoms with Crippen molar-refractivity contribution in [2.45, 2.75) is 37.5 Å². The molecular formula is C11H22N2O2. The highest BCUT2D eigenvalue weighted by Crippen LogP contribution is 2.14. The summed E-state index contributed by atoms with van der Waals surface area (Å²) in [6.07, 6.45) is 3.58. The predicted molar refractivity (Wildman–Crippen MR) is 58.9 cm³/mol. The van der Waals surface area contributed by atoms with Crippen molar-refractivity contribution < 1.29 is 9.84 Å². The molecule has 0 saturated carbocycles. The minimum atomic E-state index is -0.147. The quantitative estimate of drug-likeness (QED) is 0.681. The molecule has 0 aliphatic carbocycles. The molecular weight excluding hydrogens is 192 g/mol. The largest absolute Gasteiger partial charge is 0.392 e. The van der Waals surface area contributed by atoms with Crippen LogP contribution in [0, 0.1) is 0 Å². The van der Waals surface area contributed by atoms with Gasteiger partial charge >= 0.3 is 0 Å². The number of hydrogen-bond donors (Lipinski definition) is 2. The van der Waals surface area contributed by atoms with Crippen LogP contribution >= 0.6 is 0 Å². The van der Waals surface area contributed by atoms with E-state index in [1.807, 2.05) is 0 Å². The molecule has 2 fully saturated rings. The van der Waals surface area contributed by atoms with Crippen molar-refractivity contribution in [1.82, 2.24) is 10.2 Å². The number of rotatable bonds is 4. The van der Waals surface area contributed by atoms with Gasteiger partial charge in [0.2, 0.25) is 0 Å². The van der Waals surface area contributed by atoms with Crippen molar-refractivity contribution >= 4 is 0 Å². The predicted octanol–water partition coefficient (Wildman–Crippen LogP) is -0.180. The molecule has 0 radical (unpaired) electrons. The Hall–Kier alpha value is -0.160. The molecule has 4 nitrogen and oxygen atoms in total. The lowest BCUT2D eigenvalue weighted by atomic mass is 10.2. The maximum Gasteiger partial charge on any atom is 0.0702 e. The van der Waals surface area contributed by atoms with E-state index in [9.17, 15) is 5.11 Å². The van der Waals surface area contributed by atoms with Gasteiger partial charge in [-0.2, -0.15) is 0 Å². The van der Waals surface area contributed by atoms with Gasteiger partial charge in [-0.25, -0.2) is 0 Å². The van der Waals surface area contributed by atoms with E-state index in [0.29, 0.717) is 12.1 Å². The van der Waals surface area contributed by atoms with E-state index in [1.54, 1.807) is 0 Å². The molecule has 2 rings (SSSR count). The van der Waals surface area contributed by atoms with Crippen molar-refractivity contribution in [2.75, 3.05) is 33.3 Å². The summed E-state index contributed by atoms with van der Waals surface area (Å²) in [6.45, 7) is 3.71. The number of nitrogens with zero attached hydrogens (tertiary/aromatic N) is 1. The lowest BCUT2D eigenvalue weighted by Gasteiger charge is -2.23. The van der Waals surface area contributed by atoms with E-state index in [2.05, 4.69) is 17.3 Å². The first-order valence-corrected chi connectivity index (χ1v) is 5.95. The van der Waals surface area contributed by atoms with Crippen LogP contribution in [-0.2, 0) is 4.74 Å². The average Bonchev–Trinajstić information content (AvgIpc) is 2.77. The number of nitrogens with one attached hydrogen (secondary N) is 1. The van der Waals surface area contributed by atoms with Crippen molar-refractivity contribution in [1.29, 1.82) is 0 Å². The molecule has 2 heterocycles. The third kappa shape index (κ3) is 3.41. The first-order valence-electron chi connectivity index (χ1n) is 5.95. The summed E-state index contributed by atoms with van der Waals surface area (Å²) in [5.74, 6) is 0. The van der Waals surface area contributed by atoms with Crippen LogP contribution in [0.1, 0.15) is 19.3 Å². The molecule has 2 saturated heterocycles. The Morgan fingerprint density at radius 2 is 2.33 bits per heavy atom. The highest BCUT2D eigenvalue weighted by atomic mass is 16.5. The molecule has 4 heteroatoms. The Kier molecular flexibility index (Phi) is 3.97. The molecule has 3 atom stereocenters. The summed E-state index contributed by atoms with van der Waals surface area (Å²) >= 11 is 0. The molecule has 0 aromatic carbocycles. The molecule has 3 unspecified atom stereocenters. The zero-order chi connectivity index (χ0) is 10.7. The number of likely N-dealkylation sites (N-methyl/N-ethyl adjacent to an activating group) is 1. The van der Waals surface area contributed by atoms with Gasteiger partial charge in [0.05, 0.1) is 12.2 Å². The highest BCUT2D eigenvalue weighted by Gasteiger charge is 2.24. The van der Waals surface area contributed by atoms with Crippen LogP contribution in [0.15, 0.2) is 0 Å². The van der Waals surface area contributed by atoms with Crippen LogP contribution in [0.5, 0.6) is 0 Å². The van der Waals surface area contributed by atoms with E-state index in [-0.39, 0.29) is 6.10 Å². The molecule has 2 aliphatic heterocycles. The molecule has 15 heavy (non-hydrogen) atoms. The highest BCUT2D eigenvalue weighted by molar-refractivity contribution is 4.83. The maximum absolute atomic E-state index is 9.39. The third-order valence-corrected chi connectivity index (χ3v) is 3.27. The number of β-amino-alcohol motifs (C(OH)–C–C–N with tert-alkyl or cyclic N) is 1. The van der Waals surface area contributed by atoms with Crippen LogP contribution in [0.2, 0.25) is 0 Å². The second-order valence-corrected chi connectivity index (χ2v) is 4.85. The average molecular weight is 214 g/mol. The fraction of sp³-hybridized carbons (Fsp3) is 1.00. The van der Waals surface area contributed by atoms with Gasteiger partial charge in [-0.1, -0.05) is 0 Å². The van der Waals surface area contributed by atoms with Gasteiger partial charge in [0.1, 0.15) is 0 Å². The standard InChI is InChI=1S/C11H22N2O2/c1-13(8-11-3-2-4-15-11)7-9-5-10(14)6-12-9/h9-12,14H,2-8H2,1H3. The van der Waals surface area contributed by atoms with E-state index in [1.165, 1.54) is 12.8 Å². The second kappa shape index (κ2) is 5.25. The van der Waals surface area contributed by atoms with Crippen LogP contribution in [0.4, 0.5) is 0 Å². The minimum absolute atomic E-state index is 0.147. The van der Waals surface area contributed by atoms with Crippen LogP contribution in [0.3, 0.4) is 0 Å². The minimum Gasteiger partial charge on any atom is -0.392 e. The molecule has 88 valence electrons. The molecule has 2 aliphatic rings. The molecule has 0 bridgehead atoms. The van der Waals surface area contributed by atoms with E-state index >= 15 is 0 Å². The first kappa shape index (κ1) is 11.3. The van der Waals surface area contributed by atoms with Gasteiger partial charge in [0, 0.05) is 32.3 Å². The SMILES string of the molecule is CN(CC1CC(O)CN1)CC1CCCO1. The van der Waals surface area contributed by atoms with Crippen LogP contribution in [0.25, 0.3) is 0 Å². The summed E-state index contributed by atoms with van der Waals surface area (Å²) in [5.41, 5.74) is 0. The van der Waals surface area contributed by atoms with Crippen molar-refractivity contribution in [3.05, 3.63) is 0 Å².